The lowest BCUT2D eigenvalue weighted by Crippen LogP contribution is -2.61. The van der Waals surface area contributed by atoms with E-state index >= 15 is 0 Å². The summed E-state index contributed by atoms with van der Waals surface area (Å²) in [4.78, 5) is 25.7. The molecule has 15 nitrogen and oxygen atoms in total. The lowest BCUT2D eigenvalue weighted by molar-refractivity contribution is -0.332. The molecule has 0 aliphatic carbocycles. The number of esters is 2. The number of unbranched alkanes of at least 4 members (excludes halogenated alkanes) is 20. The van der Waals surface area contributed by atoms with Crippen LogP contribution in [-0.2, 0) is 38.0 Å². The maximum atomic E-state index is 13.0. The zero-order valence-corrected chi connectivity index (χ0v) is 39.3. The van der Waals surface area contributed by atoms with Gasteiger partial charge in [-0.15, -0.1) is 0 Å². The first-order chi connectivity index (χ1) is 31.0. The number of rotatable bonds is 38. The van der Waals surface area contributed by atoms with Crippen molar-refractivity contribution >= 4 is 11.9 Å². The Morgan fingerprint density at radius 3 is 1.48 bits per heavy atom. The largest absolute Gasteiger partial charge is 0.462 e. The molecule has 2 fully saturated rings. The third-order valence-corrected chi connectivity index (χ3v) is 11.9. The minimum Gasteiger partial charge on any atom is -0.462 e. The van der Waals surface area contributed by atoms with E-state index in [1.54, 1.807) is 0 Å². The Bertz CT molecular complexity index is 1220. The predicted molar refractivity (Wildman–Crippen MR) is 243 cm³/mol. The average Bonchev–Trinajstić information content (AvgIpc) is 3.29. The van der Waals surface area contributed by atoms with Gasteiger partial charge in [0.2, 0.25) is 0 Å². The second-order valence-corrected chi connectivity index (χ2v) is 17.6. The minimum atomic E-state index is -1.76. The van der Waals surface area contributed by atoms with E-state index in [-0.39, 0.29) is 26.1 Å². The number of aliphatic hydroxyl groups excluding tert-OH is 7. The Kier molecular flexibility index (Phi) is 33.6. The standard InChI is InChI=1S/C49H88O15/c1-3-5-7-9-11-13-15-17-18-20-22-24-26-28-30-32-41(52)62-37(34-59-40(51)31-29-27-25-23-21-19-16-14-12-10-8-6-4-2)35-60-48-47(58)45(56)43(54)39(64-48)36-61-49-46(57)44(55)42(53)38(33-50)63-49/h11,13,17-18,37-39,42-50,53-58H,3-10,12,14-16,19-36H2,1-2H3. The molecule has 11 atom stereocenters. The van der Waals surface area contributed by atoms with Gasteiger partial charge in [0.15, 0.2) is 18.7 Å². The highest BCUT2D eigenvalue weighted by Crippen LogP contribution is 2.26. The van der Waals surface area contributed by atoms with Crippen molar-refractivity contribution in [3.05, 3.63) is 24.3 Å². The Hall–Kier alpha value is -2.02. The van der Waals surface area contributed by atoms with Crippen LogP contribution in [0.3, 0.4) is 0 Å². The lowest BCUT2D eigenvalue weighted by atomic mass is 9.98. The highest BCUT2D eigenvalue weighted by molar-refractivity contribution is 5.70. The van der Waals surface area contributed by atoms with Gasteiger partial charge in [-0.2, -0.15) is 0 Å². The van der Waals surface area contributed by atoms with Crippen molar-refractivity contribution in [1.82, 2.24) is 0 Å². The molecule has 0 aromatic carbocycles. The number of aliphatic hydroxyl groups is 7. The van der Waals surface area contributed by atoms with Gasteiger partial charge in [-0.05, 0) is 44.9 Å². The van der Waals surface area contributed by atoms with Crippen LogP contribution in [-0.4, -0.2) is 142 Å². The van der Waals surface area contributed by atoms with E-state index in [1.165, 1.54) is 77.0 Å². The molecule has 15 heteroatoms. The van der Waals surface area contributed by atoms with Crippen molar-refractivity contribution in [2.45, 2.75) is 248 Å². The minimum absolute atomic E-state index is 0.152. The first kappa shape index (κ1) is 58.1. The second-order valence-electron chi connectivity index (χ2n) is 17.6. The number of hydrogen-bond donors (Lipinski definition) is 7. The summed E-state index contributed by atoms with van der Waals surface area (Å²) in [5.41, 5.74) is 0. The van der Waals surface area contributed by atoms with Crippen LogP contribution in [0, 0.1) is 0 Å². The van der Waals surface area contributed by atoms with E-state index < -0.39 is 92.7 Å². The first-order valence-electron chi connectivity index (χ1n) is 24.9. The van der Waals surface area contributed by atoms with Gasteiger partial charge in [0, 0.05) is 12.8 Å². The molecule has 7 N–H and O–H groups in total. The number of ether oxygens (including phenoxy) is 6. The van der Waals surface area contributed by atoms with Gasteiger partial charge in [-0.25, -0.2) is 0 Å². The van der Waals surface area contributed by atoms with E-state index in [9.17, 15) is 45.3 Å². The molecule has 2 rings (SSSR count). The van der Waals surface area contributed by atoms with Crippen molar-refractivity contribution in [3.8, 4) is 0 Å². The number of carbonyl (C=O) groups excluding carboxylic acids is 2. The van der Waals surface area contributed by atoms with Crippen molar-refractivity contribution in [2.75, 3.05) is 26.4 Å². The molecule has 0 saturated carbocycles. The molecule has 2 aliphatic rings. The topological polar surface area (TPSA) is 231 Å². The van der Waals surface area contributed by atoms with Gasteiger partial charge in [0.25, 0.3) is 0 Å². The van der Waals surface area contributed by atoms with Gasteiger partial charge in [0.1, 0.15) is 55.4 Å². The summed E-state index contributed by atoms with van der Waals surface area (Å²) < 4.78 is 33.5. The number of hydrogen-bond acceptors (Lipinski definition) is 15. The fourth-order valence-electron chi connectivity index (χ4n) is 7.78. The molecule has 0 aromatic rings. The quantitative estimate of drug-likeness (QED) is 0.0203. The molecule has 0 amide bonds. The van der Waals surface area contributed by atoms with Crippen molar-refractivity contribution in [3.63, 3.8) is 0 Å². The molecule has 11 unspecified atom stereocenters. The predicted octanol–water partition coefficient (Wildman–Crippen LogP) is 6.38. The van der Waals surface area contributed by atoms with Crippen LogP contribution in [0.25, 0.3) is 0 Å². The van der Waals surface area contributed by atoms with E-state index in [0.717, 1.165) is 64.2 Å². The van der Waals surface area contributed by atoms with Crippen LogP contribution in [0.5, 0.6) is 0 Å². The fraction of sp³-hybridized carbons (Fsp3) is 0.878. The molecule has 0 aromatic heterocycles. The van der Waals surface area contributed by atoms with Crippen LogP contribution in [0.15, 0.2) is 24.3 Å². The smallest absolute Gasteiger partial charge is 0.306 e. The highest BCUT2D eigenvalue weighted by atomic mass is 16.7. The van der Waals surface area contributed by atoms with E-state index in [2.05, 4.69) is 38.2 Å². The zero-order chi connectivity index (χ0) is 46.8. The highest BCUT2D eigenvalue weighted by Gasteiger charge is 2.47. The normalized spacial score (nSPS) is 26.8. The summed E-state index contributed by atoms with van der Waals surface area (Å²) in [7, 11) is 0. The monoisotopic (exact) mass is 917 g/mol. The SMILES string of the molecule is CCCCCC=CCC=CCCCCCCCC(=O)OC(COC(=O)CCCCCCCCCCCCCCC)COC1OC(COC2OC(CO)C(O)C(O)C2O)C(O)C(O)C1O. The van der Waals surface area contributed by atoms with Crippen LogP contribution in [0.1, 0.15) is 181 Å². The van der Waals surface area contributed by atoms with Crippen molar-refractivity contribution in [1.29, 1.82) is 0 Å². The van der Waals surface area contributed by atoms with E-state index in [1.807, 2.05) is 0 Å². The lowest BCUT2D eigenvalue weighted by Gasteiger charge is -2.42. The maximum absolute atomic E-state index is 13.0. The molecular formula is C49H88O15. The summed E-state index contributed by atoms with van der Waals surface area (Å²) in [5.74, 6) is -0.936. The summed E-state index contributed by atoms with van der Waals surface area (Å²) in [6.07, 6.45) is 19.2. The first-order valence-corrected chi connectivity index (χ1v) is 24.9. The Labute approximate surface area is 383 Å². The third-order valence-electron chi connectivity index (χ3n) is 11.9. The fourth-order valence-corrected chi connectivity index (χ4v) is 7.78. The van der Waals surface area contributed by atoms with Crippen LogP contribution in [0.4, 0.5) is 0 Å². The number of allylic oxidation sites excluding steroid dienone is 4. The molecule has 374 valence electrons. The Morgan fingerprint density at radius 1 is 0.500 bits per heavy atom. The van der Waals surface area contributed by atoms with Gasteiger partial charge < -0.3 is 64.2 Å². The third kappa shape index (κ3) is 25.2. The summed E-state index contributed by atoms with van der Waals surface area (Å²) in [6, 6.07) is 0. The second kappa shape index (κ2) is 37.0. The van der Waals surface area contributed by atoms with Crippen LogP contribution < -0.4 is 0 Å². The molecule has 0 bridgehead atoms. The van der Waals surface area contributed by atoms with E-state index in [4.69, 9.17) is 28.4 Å². The molecule has 0 spiro atoms. The molecule has 0 radical (unpaired) electrons. The van der Waals surface area contributed by atoms with Gasteiger partial charge >= 0.3 is 11.9 Å². The van der Waals surface area contributed by atoms with Crippen molar-refractivity contribution < 1.29 is 73.8 Å². The van der Waals surface area contributed by atoms with Gasteiger partial charge in [-0.1, -0.05) is 147 Å². The summed E-state index contributed by atoms with van der Waals surface area (Å²) in [6.45, 7) is 2.55. The molecule has 2 saturated heterocycles. The molecule has 64 heavy (non-hydrogen) atoms. The van der Waals surface area contributed by atoms with Gasteiger partial charge in [-0.3, -0.25) is 9.59 Å². The van der Waals surface area contributed by atoms with Gasteiger partial charge in [0.05, 0.1) is 19.8 Å². The molecular weight excluding hydrogens is 829 g/mol. The zero-order valence-electron chi connectivity index (χ0n) is 39.3. The van der Waals surface area contributed by atoms with E-state index in [0.29, 0.717) is 12.8 Å². The molecule has 2 heterocycles. The Morgan fingerprint density at radius 2 is 0.938 bits per heavy atom. The summed E-state index contributed by atoms with van der Waals surface area (Å²) in [5, 5.41) is 72.0. The maximum Gasteiger partial charge on any atom is 0.306 e. The van der Waals surface area contributed by atoms with Crippen LogP contribution >= 0.6 is 0 Å². The van der Waals surface area contributed by atoms with Crippen molar-refractivity contribution in [2.24, 2.45) is 0 Å². The average molecular weight is 917 g/mol. The van der Waals surface area contributed by atoms with Crippen LogP contribution in [0.2, 0.25) is 0 Å². The Balaban J connectivity index is 1.83. The molecule has 2 aliphatic heterocycles. The summed E-state index contributed by atoms with van der Waals surface area (Å²) >= 11 is 0. The number of carbonyl (C=O) groups is 2.